The van der Waals surface area contributed by atoms with Crippen molar-refractivity contribution in [2.75, 3.05) is 0 Å². The van der Waals surface area contributed by atoms with Crippen molar-refractivity contribution in [3.63, 3.8) is 0 Å². The fourth-order valence-corrected chi connectivity index (χ4v) is 2.41. The molecule has 5 heteroatoms. The molecule has 0 amide bonds. The molecule has 1 unspecified atom stereocenters. The van der Waals surface area contributed by atoms with Gasteiger partial charge in [-0.3, -0.25) is 0 Å². The molecule has 0 bridgehead atoms. The molecule has 1 N–H and O–H groups in total. The van der Waals surface area contributed by atoms with Crippen LogP contribution in [0, 0.1) is 12.8 Å². The van der Waals surface area contributed by atoms with Crippen molar-refractivity contribution in [1.82, 2.24) is 9.55 Å². The van der Waals surface area contributed by atoms with Crippen LogP contribution < -0.4 is 0 Å². The van der Waals surface area contributed by atoms with Crippen LogP contribution in [0.4, 0.5) is 0 Å². The molecular formula is C16H18N2O3. The fraction of sp³-hybridized carbons (Fsp3) is 0.312. The average molecular weight is 286 g/mol. The number of nitrogens with zero attached hydrogens (tertiary/aromatic N) is 1. The van der Waals surface area contributed by atoms with Gasteiger partial charge in [0.25, 0.3) is 0 Å². The highest BCUT2D eigenvalue weighted by Gasteiger charge is 2.23. The van der Waals surface area contributed by atoms with Gasteiger partial charge in [-0.15, -0.1) is 0 Å². The van der Waals surface area contributed by atoms with Crippen molar-refractivity contribution in [1.29, 1.82) is 0 Å². The minimum atomic E-state index is -0.381. The maximum Gasteiger partial charge on any atom is 0.356 e. The number of carbonyl (C=O) groups is 1. The molecule has 3 aromatic rings. The molecule has 3 rings (SSSR count). The van der Waals surface area contributed by atoms with E-state index in [4.69, 9.17) is 9.15 Å². The number of hydrogen-bond acceptors (Lipinski definition) is 3. The van der Waals surface area contributed by atoms with Gasteiger partial charge >= 0.3 is 5.97 Å². The van der Waals surface area contributed by atoms with Crippen LogP contribution in [0.3, 0.4) is 0 Å². The maximum absolute atomic E-state index is 12.3. The van der Waals surface area contributed by atoms with Crippen LogP contribution >= 0.6 is 0 Å². The lowest BCUT2D eigenvalue weighted by molar-refractivity contribution is -0.0102. The number of rotatable bonds is 4. The lowest BCUT2D eigenvalue weighted by Gasteiger charge is -2.24. The van der Waals surface area contributed by atoms with Gasteiger partial charge in [0.1, 0.15) is 5.69 Å². The molecule has 3 heterocycles. The Bertz CT molecular complexity index is 735. The number of furan rings is 1. The average Bonchev–Trinajstić information content (AvgIpc) is 3.10. The van der Waals surface area contributed by atoms with E-state index >= 15 is 0 Å². The number of esters is 1. The molecule has 0 saturated carbocycles. The van der Waals surface area contributed by atoms with Gasteiger partial charge in [-0.25, -0.2) is 4.79 Å². The molecule has 0 aromatic carbocycles. The molecule has 0 saturated heterocycles. The van der Waals surface area contributed by atoms with Crippen molar-refractivity contribution in [3.05, 3.63) is 48.1 Å². The molecule has 0 aliphatic rings. The summed E-state index contributed by atoms with van der Waals surface area (Å²) in [4.78, 5) is 15.3. The van der Waals surface area contributed by atoms with Gasteiger partial charge in [0, 0.05) is 29.9 Å². The van der Waals surface area contributed by atoms with E-state index in [1.165, 1.54) is 0 Å². The zero-order chi connectivity index (χ0) is 15.0. The molecular weight excluding hydrogens is 268 g/mol. The zero-order valence-corrected chi connectivity index (χ0v) is 12.3. The van der Waals surface area contributed by atoms with Crippen LogP contribution in [-0.2, 0) is 4.74 Å². The second-order valence-corrected chi connectivity index (χ2v) is 5.48. The predicted octanol–water partition coefficient (Wildman–Crippen LogP) is 3.88. The molecule has 1 atom stereocenters. The van der Waals surface area contributed by atoms with Crippen molar-refractivity contribution < 1.29 is 13.9 Å². The van der Waals surface area contributed by atoms with E-state index in [1.807, 2.05) is 43.7 Å². The van der Waals surface area contributed by atoms with Crippen LogP contribution in [0.1, 0.15) is 36.3 Å². The lowest BCUT2D eigenvalue weighted by atomic mass is 10.2. The van der Waals surface area contributed by atoms with E-state index in [-0.39, 0.29) is 18.1 Å². The van der Waals surface area contributed by atoms with Gasteiger partial charge in [-0.2, -0.15) is 0 Å². The third kappa shape index (κ3) is 2.46. The second kappa shape index (κ2) is 5.16. The van der Waals surface area contributed by atoms with Gasteiger partial charge in [-0.1, -0.05) is 13.8 Å². The molecule has 21 heavy (non-hydrogen) atoms. The van der Waals surface area contributed by atoms with Crippen molar-refractivity contribution >= 4 is 17.1 Å². The van der Waals surface area contributed by atoms with E-state index in [2.05, 4.69) is 4.98 Å². The summed E-state index contributed by atoms with van der Waals surface area (Å²) in [5.41, 5.74) is 2.90. The third-order valence-electron chi connectivity index (χ3n) is 3.52. The Balaban J connectivity index is 1.84. The van der Waals surface area contributed by atoms with Crippen LogP contribution in [0.2, 0.25) is 0 Å². The van der Waals surface area contributed by atoms with E-state index < -0.39 is 0 Å². The van der Waals surface area contributed by atoms with Crippen molar-refractivity contribution in [2.45, 2.75) is 27.0 Å². The number of aryl methyl sites for hydroxylation is 1. The van der Waals surface area contributed by atoms with E-state index in [0.717, 1.165) is 11.2 Å². The Labute approximate surface area is 122 Å². The van der Waals surface area contributed by atoms with Crippen LogP contribution in [0.5, 0.6) is 0 Å². The number of H-pyrrole nitrogens is 1. The van der Waals surface area contributed by atoms with Crippen LogP contribution in [0.15, 0.2) is 41.1 Å². The Morgan fingerprint density at radius 3 is 2.81 bits per heavy atom. The number of aromatic amines is 1. The van der Waals surface area contributed by atoms with Gasteiger partial charge in [0.05, 0.1) is 11.8 Å². The quantitative estimate of drug-likeness (QED) is 0.740. The number of hydrogen-bond donors (Lipinski definition) is 1. The molecule has 0 aliphatic carbocycles. The zero-order valence-electron chi connectivity index (χ0n) is 12.3. The van der Waals surface area contributed by atoms with Gasteiger partial charge in [-0.05, 0) is 19.1 Å². The number of ether oxygens (including phenoxy) is 1. The normalized spacial score (nSPS) is 13.0. The molecule has 0 spiro atoms. The summed E-state index contributed by atoms with van der Waals surface area (Å²) in [6.07, 6.45) is 3.17. The molecule has 110 valence electrons. The topological polar surface area (TPSA) is 60.2 Å². The largest absolute Gasteiger partial charge is 0.463 e. The summed E-state index contributed by atoms with van der Waals surface area (Å²) in [7, 11) is 0. The van der Waals surface area contributed by atoms with Gasteiger partial charge in [0.15, 0.2) is 11.8 Å². The smallest absolute Gasteiger partial charge is 0.356 e. The summed E-state index contributed by atoms with van der Waals surface area (Å²) in [6.45, 7) is 6.04. The highest BCUT2D eigenvalue weighted by molar-refractivity contribution is 5.93. The Hall–Kier alpha value is -2.43. The Morgan fingerprint density at radius 2 is 2.19 bits per heavy atom. The van der Waals surface area contributed by atoms with Crippen molar-refractivity contribution in [3.8, 4) is 0 Å². The minimum Gasteiger partial charge on any atom is -0.463 e. The number of aromatic nitrogens is 2. The Morgan fingerprint density at radius 1 is 1.38 bits per heavy atom. The molecule has 0 fully saturated rings. The maximum atomic E-state index is 12.3. The van der Waals surface area contributed by atoms with Gasteiger partial charge < -0.3 is 18.7 Å². The number of carbonyl (C=O) groups excluding carboxylic acids is 1. The summed E-state index contributed by atoms with van der Waals surface area (Å²) in [6, 6.07) is 7.38. The molecule has 0 aliphatic heterocycles. The first-order valence-corrected chi connectivity index (χ1v) is 6.97. The highest BCUT2D eigenvalue weighted by Crippen LogP contribution is 2.24. The van der Waals surface area contributed by atoms with E-state index in [0.29, 0.717) is 11.3 Å². The Kier molecular flexibility index (Phi) is 3.33. The predicted molar refractivity (Wildman–Crippen MR) is 79.0 cm³/mol. The first-order valence-electron chi connectivity index (χ1n) is 6.97. The summed E-state index contributed by atoms with van der Waals surface area (Å²) >= 11 is 0. The van der Waals surface area contributed by atoms with Crippen LogP contribution in [-0.4, -0.2) is 15.5 Å². The SMILES string of the molecule is Cc1cccn1C(OC(=O)c1cc2occc2[nH]1)C(C)C. The molecule has 0 radical (unpaired) electrons. The number of nitrogens with one attached hydrogen (secondary N) is 1. The lowest BCUT2D eigenvalue weighted by Crippen LogP contribution is -2.22. The van der Waals surface area contributed by atoms with Gasteiger partial charge in [0.2, 0.25) is 0 Å². The van der Waals surface area contributed by atoms with Crippen molar-refractivity contribution in [2.24, 2.45) is 5.92 Å². The summed E-state index contributed by atoms with van der Waals surface area (Å²) in [5.74, 6) is -0.216. The monoisotopic (exact) mass is 286 g/mol. The van der Waals surface area contributed by atoms with E-state index in [9.17, 15) is 4.79 Å². The second-order valence-electron chi connectivity index (χ2n) is 5.48. The first-order chi connectivity index (χ1) is 10.1. The standard InChI is InChI=1S/C16H18N2O3/c1-10(2)15(18-7-4-5-11(18)3)21-16(19)13-9-14-12(17-13)6-8-20-14/h4-10,15,17H,1-3H3. The summed E-state index contributed by atoms with van der Waals surface area (Å²) < 4.78 is 12.9. The molecule has 5 nitrogen and oxygen atoms in total. The first kappa shape index (κ1) is 13.5. The fourth-order valence-electron chi connectivity index (χ4n) is 2.41. The number of fused-ring (bicyclic) bond motifs is 1. The van der Waals surface area contributed by atoms with Crippen LogP contribution in [0.25, 0.3) is 11.1 Å². The minimum absolute atomic E-state index is 0.165. The molecule has 3 aromatic heterocycles. The summed E-state index contributed by atoms with van der Waals surface area (Å²) in [5, 5.41) is 0. The third-order valence-corrected chi connectivity index (χ3v) is 3.52. The van der Waals surface area contributed by atoms with E-state index in [1.54, 1.807) is 18.4 Å². The highest BCUT2D eigenvalue weighted by atomic mass is 16.6.